The first-order chi connectivity index (χ1) is 10.4. The molecule has 116 valence electrons. The predicted octanol–water partition coefficient (Wildman–Crippen LogP) is 5.94. The molecule has 0 bridgehead atoms. The Balaban J connectivity index is 2.12. The van der Waals surface area contributed by atoms with Gasteiger partial charge in [0.25, 0.3) is 0 Å². The summed E-state index contributed by atoms with van der Waals surface area (Å²) in [5.74, 6) is -9.31. The van der Waals surface area contributed by atoms with E-state index in [2.05, 4.69) is 0 Å². The van der Waals surface area contributed by atoms with Crippen LogP contribution in [0.25, 0.3) is 6.08 Å². The van der Waals surface area contributed by atoms with Crippen LogP contribution in [0.3, 0.4) is 0 Å². The summed E-state index contributed by atoms with van der Waals surface area (Å²) in [5.41, 5.74) is -0.0588. The summed E-state index contributed by atoms with van der Waals surface area (Å²) in [6.45, 7) is 0. The van der Waals surface area contributed by atoms with E-state index in [1.807, 2.05) is 0 Å². The Hall–Kier alpha value is -1.53. The molecule has 0 radical (unpaired) electrons. The van der Waals surface area contributed by atoms with Gasteiger partial charge >= 0.3 is 0 Å². The van der Waals surface area contributed by atoms with Gasteiger partial charge in [0, 0.05) is 10.8 Å². The van der Waals surface area contributed by atoms with Gasteiger partial charge in [-0.15, -0.1) is 11.8 Å². The minimum Gasteiger partial charge on any atom is -0.203 e. The van der Waals surface area contributed by atoms with E-state index in [0.717, 1.165) is 23.4 Å². The summed E-state index contributed by atoms with van der Waals surface area (Å²) >= 11 is 6.87. The quantitative estimate of drug-likeness (QED) is 0.373. The maximum atomic E-state index is 13.4. The SMILES string of the molecule is Fc1c(F)c(F)c(C=CSCc2ccc(Cl)cc2)c(F)c1F. The monoisotopic (exact) mass is 350 g/mol. The lowest BCUT2D eigenvalue weighted by Crippen LogP contribution is -2.03. The van der Waals surface area contributed by atoms with Crippen LogP contribution in [0, 0.1) is 29.1 Å². The fourth-order valence-corrected chi connectivity index (χ4v) is 2.45. The Morgan fingerprint density at radius 1 is 0.818 bits per heavy atom. The maximum absolute atomic E-state index is 13.4. The van der Waals surface area contributed by atoms with E-state index in [1.165, 1.54) is 5.41 Å². The topological polar surface area (TPSA) is 0 Å². The second-order valence-corrected chi connectivity index (χ2v) is 5.55. The van der Waals surface area contributed by atoms with E-state index in [4.69, 9.17) is 11.6 Å². The first-order valence-electron chi connectivity index (χ1n) is 5.96. The number of hydrogen-bond donors (Lipinski definition) is 0. The summed E-state index contributed by atoms with van der Waals surface area (Å²) in [4.78, 5) is 0. The zero-order valence-electron chi connectivity index (χ0n) is 10.8. The van der Waals surface area contributed by atoms with Gasteiger partial charge in [-0.25, -0.2) is 22.0 Å². The van der Waals surface area contributed by atoms with Gasteiger partial charge < -0.3 is 0 Å². The van der Waals surface area contributed by atoms with Crippen LogP contribution in [0.1, 0.15) is 11.1 Å². The number of benzene rings is 2. The highest BCUT2D eigenvalue weighted by molar-refractivity contribution is 8.01. The molecule has 0 nitrogen and oxygen atoms in total. The number of thioether (sulfide) groups is 1. The van der Waals surface area contributed by atoms with Crippen LogP contribution in [0.5, 0.6) is 0 Å². The van der Waals surface area contributed by atoms with Crippen LogP contribution in [0.15, 0.2) is 29.7 Å². The Labute approximate surface area is 132 Å². The first kappa shape index (κ1) is 16.8. The number of hydrogen-bond acceptors (Lipinski definition) is 1. The third-order valence-electron chi connectivity index (χ3n) is 2.74. The molecule has 0 saturated carbocycles. The minimum absolute atomic E-state index is 0.461. The van der Waals surface area contributed by atoms with Gasteiger partial charge in [-0.3, -0.25) is 0 Å². The second-order valence-electron chi connectivity index (χ2n) is 4.22. The smallest absolute Gasteiger partial charge is 0.200 e. The van der Waals surface area contributed by atoms with Gasteiger partial charge in [-0.1, -0.05) is 23.7 Å². The summed E-state index contributed by atoms with van der Waals surface area (Å²) in [6.07, 6.45) is 0.858. The molecule has 0 N–H and O–H groups in total. The van der Waals surface area contributed by atoms with Gasteiger partial charge in [0.05, 0.1) is 5.56 Å². The molecule has 2 aromatic carbocycles. The number of rotatable bonds is 4. The van der Waals surface area contributed by atoms with Crippen molar-refractivity contribution in [2.75, 3.05) is 0 Å². The fraction of sp³-hybridized carbons (Fsp3) is 0.0667. The predicted molar refractivity (Wildman–Crippen MR) is 78.0 cm³/mol. The van der Waals surface area contributed by atoms with Crippen LogP contribution >= 0.6 is 23.4 Å². The molecular formula is C15H8ClF5S. The van der Waals surface area contributed by atoms with Crippen LogP contribution < -0.4 is 0 Å². The first-order valence-corrected chi connectivity index (χ1v) is 7.38. The number of halogens is 6. The molecule has 0 heterocycles. The minimum atomic E-state index is -2.17. The molecule has 0 aromatic heterocycles. The molecule has 7 heteroatoms. The molecule has 22 heavy (non-hydrogen) atoms. The Morgan fingerprint density at radius 3 is 1.86 bits per heavy atom. The van der Waals surface area contributed by atoms with Crippen molar-refractivity contribution in [2.45, 2.75) is 5.75 Å². The summed E-state index contributed by atoms with van der Waals surface area (Å²) in [5, 5.41) is 1.85. The van der Waals surface area contributed by atoms with Crippen molar-refractivity contribution in [3.05, 3.63) is 74.9 Å². The standard InChI is InChI=1S/C15H8ClF5S/c16-9-3-1-8(2-4-9)7-22-6-5-10-11(17)13(19)15(21)14(20)12(10)18/h1-6H,7H2. The Morgan fingerprint density at radius 2 is 1.32 bits per heavy atom. The molecule has 0 atom stereocenters. The van der Waals surface area contributed by atoms with Crippen molar-refractivity contribution in [3.8, 4) is 0 Å². The van der Waals surface area contributed by atoms with Gasteiger partial charge in [-0.2, -0.15) is 0 Å². The lowest BCUT2D eigenvalue weighted by atomic mass is 10.1. The highest BCUT2D eigenvalue weighted by Gasteiger charge is 2.24. The van der Waals surface area contributed by atoms with Gasteiger partial charge in [0.1, 0.15) is 0 Å². The van der Waals surface area contributed by atoms with E-state index in [0.29, 0.717) is 10.8 Å². The Kier molecular flexibility index (Phi) is 5.47. The lowest BCUT2D eigenvalue weighted by Gasteiger charge is -2.04. The second kappa shape index (κ2) is 7.15. The summed E-state index contributed by atoms with van der Waals surface area (Å²) in [7, 11) is 0. The van der Waals surface area contributed by atoms with E-state index >= 15 is 0 Å². The van der Waals surface area contributed by atoms with Crippen LogP contribution in [0.2, 0.25) is 5.02 Å². The highest BCUT2D eigenvalue weighted by atomic mass is 35.5. The van der Waals surface area contributed by atoms with Crippen molar-refractivity contribution < 1.29 is 22.0 Å². The molecule has 0 aliphatic rings. The molecule has 0 spiro atoms. The van der Waals surface area contributed by atoms with Gasteiger partial charge in [-0.05, 0) is 29.2 Å². The molecule has 0 unspecified atom stereocenters. The van der Waals surface area contributed by atoms with Crippen molar-refractivity contribution in [2.24, 2.45) is 0 Å². The largest absolute Gasteiger partial charge is 0.203 e. The third-order valence-corrected chi connectivity index (χ3v) is 3.82. The molecular weight excluding hydrogens is 343 g/mol. The van der Waals surface area contributed by atoms with E-state index < -0.39 is 34.6 Å². The zero-order chi connectivity index (χ0) is 16.3. The zero-order valence-corrected chi connectivity index (χ0v) is 12.4. The van der Waals surface area contributed by atoms with E-state index in [1.54, 1.807) is 24.3 Å². The summed E-state index contributed by atoms with van der Waals surface area (Å²) in [6, 6.07) is 6.90. The van der Waals surface area contributed by atoms with Gasteiger partial charge in [0.15, 0.2) is 23.3 Å². The van der Waals surface area contributed by atoms with Crippen molar-refractivity contribution in [1.82, 2.24) is 0 Å². The van der Waals surface area contributed by atoms with Crippen LogP contribution in [-0.4, -0.2) is 0 Å². The van der Waals surface area contributed by atoms with E-state index in [9.17, 15) is 22.0 Å². The van der Waals surface area contributed by atoms with Crippen molar-refractivity contribution >= 4 is 29.4 Å². The lowest BCUT2D eigenvalue weighted by molar-refractivity contribution is 0.377. The molecule has 0 saturated heterocycles. The van der Waals surface area contributed by atoms with Crippen molar-refractivity contribution in [3.63, 3.8) is 0 Å². The average Bonchev–Trinajstić information content (AvgIpc) is 2.52. The molecule has 0 aliphatic carbocycles. The van der Waals surface area contributed by atoms with Crippen LogP contribution in [-0.2, 0) is 5.75 Å². The van der Waals surface area contributed by atoms with E-state index in [-0.39, 0.29) is 0 Å². The summed E-state index contributed by atoms with van der Waals surface area (Å²) < 4.78 is 65.7. The average molecular weight is 351 g/mol. The maximum Gasteiger partial charge on any atom is 0.200 e. The fourth-order valence-electron chi connectivity index (χ4n) is 1.61. The Bertz CT molecular complexity index is 684. The molecule has 0 fully saturated rings. The molecule has 0 aliphatic heterocycles. The molecule has 2 aromatic rings. The third kappa shape index (κ3) is 3.62. The van der Waals surface area contributed by atoms with Crippen LogP contribution in [0.4, 0.5) is 22.0 Å². The van der Waals surface area contributed by atoms with Gasteiger partial charge in [0.2, 0.25) is 5.82 Å². The van der Waals surface area contributed by atoms with Crippen molar-refractivity contribution in [1.29, 1.82) is 0 Å². The molecule has 2 rings (SSSR count). The highest BCUT2D eigenvalue weighted by Crippen LogP contribution is 2.25. The normalized spacial score (nSPS) is 11.4. The molecule has 0 amide bonds.